The van der Waals surface area contributed by atoms with E-state index in [1.54, 1.807) is 11.3 Å². The molecule has 23 heavy (non-hydrogen) atoms. The molecule has 1 aromatic heterocycles. The molecule has 1 saturated heterocycles. The highest BCUT2D eigenvalue weighted by Gasteiger charge is 2.16. The van der Waals surface area contributed by atoms with Crippen LogP contribution in [0.1, 0.15) is 16.0 Å². The van der Waals surface area contributed by atoms with Gasteiger partial charge < -0.3 is 10.2 Å². The third-order valence-electron chi connectivity index (χ3n) is 4.26. The summed E-state index contributed by atoms with van der Waals surface area (Å²) >= 11 is 1.66. The lowest BCUT2D eigenvalue weighted by molar-refractivity contribution is -0.119. The number of nitrogens with one attached hydrogen (secondary N) is 1. The van der Waals surface area contributed by atoms with Gasteiger partial charge in [0.2, 0.25) is 6.41 Å². The Morgan fingerprint density at radius 2 is 2.04 bits per heavy atom. The number of carbonyl (C=O) groups excluding carboxylic acids is 1. The second-order valence-corrected chi connectivity index (χ2v) is 7.14. The minimum absolute atomic E-state index is 0.818. The molecule has 1 aliphatic heterocycles. The molecular formula is C17H22N4OS. The first-order valence-electron chi connectivity index (χ1n) is 7.85. The van der Waals surface area contributed by atoms with E-state index in [1.807, 2.05) is 11.1 Å². The van der Waals surface area contributed by atoms with Crippen molar-refractivity contribution < 1.29 is 4.79 Å². The van der Waals surface area contributed by atoms with Crippen LogP contribution in [-0.4, -0.2) is 47.4 Å². The van der Waals surface area contributed by atoms with Crippen molar-refractivity contribution in [3.05, 3.63) is 40.4 Å². The van der Waals surface area contributed by atoms with Crippen molar-refractivity contribution in [1.82, 2.24) is 14.8 Å². The maximum Gasteiger partial charge on any atom is 0.209 e. The fourth-order valence-corrected chi connectivity index (χ4v) is 3.46. The highest BCUT2D eigenvalue weighted by Crippen LogP contribution is 2.26. The van der Waals surface area contributed by atoms with Gasteiger partial charge in [0.25, 0.3) is 0 Å². The van der Waals surface area contributed by atoms with Crippen molar-refractivity contribution in [3.63, 3.8) is 0 Å². The lowest BCUT2D eigenvalue weighted by Gasteiger charge is -2.32. The van der Waals surface area contributed by atoms with Crippen molar-refractivity contribution in [2.45, 2.75) is 20.4 Å². The quantitative estimate of drug-likeness (QED) is 0.857. The Bertz CT molecular complexity index is 677. The molecule has 1 N–H and O–H groups in total. The second kappa shape index (κ2) is 7.10. The summed E-state index contributed by atoms with van der Waals surface area (Å²) in [6, 6.07) is 6.37. The first kappa shape index (κ1) is 16.0. The molecule has 2 heterocycles. The molecule has 1 aromatic carbocycles. The molecule has 0 aliphatic carbocycles. The molecule has 1 amide bonds. The van der Waals surface area contributed by atoms with Crippen molar-refractivity contribution in [3.8, 4) is 0 Å². The number of carbonyl (C=O) groups is 1. The van der Waals surface area contributed by atoms with Crippen LogP contribution in [0.3, 0.4) is 0 Å². The van der Waals surface area contributed by atoms with E-state index in [1.165, 1.54) is 16.0 Å². The monoisotopic (exact) mass is 330 g/mol. The maximum absolute atomic E-state index is 10.8. The smallest absolute Gasteiger partial charge is 0.209 e. The standard InChI is InChI=1S/C17H22N4OS/c1-13-10-18-17(23-13)19-16-5-3-4-15(14(16)2)11-20-6-8-21(12-22)9-7-20/h3-5,10,12H,6-9,11H2,1-2H3,(H,18,19). The highest BCUT2D eigenvalue weighted by molar-refractivity contribution is 7.15. The Hall–Kier alpha value is -1.92. The first-order chi connectivity index (χ1) is 11.2. The van der Waals surface area contributed by atoms with Crippen LogP contribution in [0.25, 0.3) is 0 Å². The molecule has 0 radical (unpaired) electrons. The number of nitrogens with zero attached hydrogens (tertiary/aromatic N) is 3. The average molecular weight is 330 g/mol. The first-order valence-corrected chi connectivity index (χ1v) is 8.67. The molecule has 0 atom stereocenters. The van der Waals surface area contributed by atoms with Crippen LogP contribution in [0, 0.1) is 13.8 Å². The fourth-order valence-electron chi connectivity index (χ4n) is 2.79. The van der Waals surface area contributed by atoms with Gasteiger partial charge in [-0.05, 0) is 31.0 Å². The van der Waals surface area contributed by atoms with Crippen LogP contribution in [0.2, 0.25) is 0 Å². The third kappa shape index (κ3) is 3.89. The van der Waals surface area contributed by atoms with E-state index >= 15 is 0 Å². The number of piperazine rings is 1. The Balaban J connectivity index is 1.68. The molecule has 0 spiro atoms. The van der Waals surface area contributed by atoms with Gasteiger partial charge >= 0.3 is 0 Å². The van der Waals surface area contributed by atoms with E-state index in [0.717, 1.165) is 50.0 Å². The molecule has 2 aromatic rings. The molecular weight excluding hydrogens is 308 g/mol. The number of anilines is 2. The molecule has 5 nitrogen and oxygen atoms in total. The van der Waals surface area contributed by atoms with Gasteiger partial charge in [0, 0.05) is 49.5 Å². The summed E-state index contributed by atoms with van der Waals surface area (Å²) < 4.78 is 0. The number of thiazole rings is 1. The van der Waals surface area contributed by atoms with Gasteiger partial charge in [-0.2, -0.15) is 0 Å². The van der Waals surface area contributed by atoms with E-state index in [9.17, 15) is 4.79 Å². The van der Waals surface area contributed by atoms with Crippen LogP contribution < -0.4 is 5.32 Å². The number of aromatic nitrogens is 1. The summed E-state index contributed by atoms with van der Waals surface area (Å²) in [4.78, 5) is 20.6. The number of rotatable bonds is 5. The predicted octanol–water partition coefficient (Wildman–Crippen LogP) is 2.78. The molecule has 1 aliphatic rings. The number of amides is 1. The van der Waals surface area contributed by atoms with E-state index < -0.39 is 0 Å². The molecule has 3 rings (SSSR count). The van der Waals surface area contributed by atoms with Crippen LogP contribution >= 0.6 is 11.3 Å². The van der Waals surface area contributed by atoms with Crippen LogP contribution in [-0.2, 0) is 11.3 Å². The normalized spacial score (nSPS) is 15.7. The summed E-state index contributed by atoms with van der Waals surface area (Å²) in [5, 5.41) is 4.35. The summed E-state index contributed by atoms with van der Waals surface area (Å²) in [5.74, 6) is 0. The molecule has 0 saturated carbocycles. The van der Waals surface area contributed by atoms with Gasteiger partial charge in [-0.1, -0.05) is 12.1 Å². The fraction of sp³-hybridized carbons (Fsp3) is 0.412. The highest BCUT2D eigenvalue weighted by atomic mass is 32.1. The van der Waals surface area contributed by atoms with Gasteiger partial charge in [-0.15, -0.1) is 11.3 Å². The van der Waals surface area contributed by atoms with Crippen molar-refractivity contribution in [1.29, 1.82) is 0 Å². The Kier molecular flexibility index (Phi) is 4.93. The number of hydrogen-bond donors (Lipinski definition) is 1. The van der Waals surface area contributed by atoms with Gasteiger partial charge in [0.1, 0.15) is 0 Å². The Morgan fingerprint density at radius 3 is 2.70 bits per heavy atom. The lowest BCUT2D eigenvalue weighted by atomic mass is 10.1. The molecule has 0 bridgehead atoms. The number of aryl methyl sites for hydroxylation is 1. The van der Waals surface area contributed by atoms with Crippen molar-refractivity contribution in [2.75, 3.05) is 31.5 Å². The maximum atomic E-state index is 10.8. The zero-order valence-electron chi connectivity index (χ0n) is 13.6. The minimum atomic E-state index is 0.818. The predicted molar refractivity (Wildman–Crippen MR) is 94.2 cm³/mol. The SMILES string of the molecule is Cc1cnc(Nc2cccc(CN3CCN(C=O)CC3)c2C)s1. The summed E-state index contributed by atoms with van der Waals surface area (Å²) in [5.41, 5.74) is 3.70. The molecule has 122 valence electrons. The second-order valence-electron chi connectivity index (χ2n) is 5.91. The largest absolute Gasteiger partial charge is 0.343 e. The summed E-state index contributed by atoms with van der Waals surface area (Å²) in [6.07, 6.45) is 2.84. The van der Waals surface area contributed by atoms with Gasteiger partial charge in [-0.3, -0.25) is 9.69 Å². The molecule has 0 unspecified atom stereocenters. The third-order valence-corrected chi connectivity index (χ3v) is 5.09. The van der Waals surface area contributed by atoms with Crippen LogP contribution in [0.4, 0.5) is 10.8 Å². The average Bonchev–Trinajstić information content (AvgIpc) is 2.97. The molecule has 6 heteroatoms. The topological polar surface area (TPSA) is 48.5 Å². The summed E-state index contributed by atoms with van der Waals surface area (Å²) in [6.45, 7) is 8.64. The van der Waals surface area contributed by atoms with Crippen molar-refractivity contribution >= 4 is 28.6 Å². The Labute approximate surface area is 140 Å². The lowest BCUT2D eigenvalue weighted by Crippen LogP contribution is -2.45. The minimum Gasteiger partial charge on any atom is -0.343 e. The van der Waals surface area contributed by atoms with Gasteiger partial charge in [-0.25, -0.2) is 4.98 Å². The van der Waals surface area contributed by atoms with E-state index in [2.05, 4.69) is 47.2 Å². The number of hydrogen-bond acceptors (Lipinski definition) is 5. The molecule has 1 fully saturated rings. The zero-order valence-corrected chi connectivity index (χ0v) is 14.4. The van der Waals surface area contributed by atoms with E-state index in [0.29, 0.717) is 0 Å². The zero-order chi connectivity index (χ0) is 16.2. The van der Waals surface area contributed by atoms with Gasteiger partial charge in [0.05, 0.1) is 0 Å². The van der Waals surface area contributed by atoms with E-state index in [4.69, 9.17) is 0 Å². The van der Waals surface area contributed by atoms with Crippen LogP contribution in [0.5, 0.6) is 0 Å². The van der Waals surface area contributed by atoms with Crippen LogP contribution in [0.15, 0.2) is 24.4 Å². The van der Waals surface area contributed by atoms with Gasteiger partial charge in [0.15, 0.2) is 5.13 Å². The van der Waals surface area contributed by atoms with E-state index in [-0.39, 0.29) is 0 Å². The Morgan fingerprint density at radius 1 is 1.26 bits per heavy atom. The van der Waals surface area contributed by atoms with Crippen molar-refractivity contribution in [2.24, 2.45) is 0 Å². The summed E-state index contributed by atoms with van der Waals surface area (Å²) in [7, 11) is 0. The number of benzene rings is 1.